The van der Waals surface area contributed by atoms with Gasteiger partial charge in [0.25, 0.3) is 0 Å². The summed E-state index contributed by atoms with van der Waals surface area (Å²) in [7, 11) is 0. The first-order valence-electron chi connectivity index (χ1n) is 7.91. The number of rotatable bonds is 3. The van der Waals surface area contributed by atoms with E-state index < -0.39 is 0 Å². The van der Waals surface area contributed by atoms with E-state index in [1.807, 2.05) is 0 Å². The van der Waals surface area contributed by atoms with E-state index in [2.05, 4.69) is 64.2 Å². The van der Waals surface area contributed by atoms with Gasteiger partial charge in [-0.15, -0.1) is 0 Å². The molecule has 2 aromatic rings. The zero-order valence-electron chi connectivity index (χ0n) is 12.6. The first-order valence-corrected chi connectivity index (χ1v) is 9.03. The third kappa shape index (κ3) is 3.37. The molecule has 0 radical (unpaired) electrons. The zero-order valence-corrected chi connectivity index (χ0v) is 14.2. The summed E-state index contributed by atoms with van der Waals surface area (Å²) in [5.41, 5.74) is 5.06. The van der Waals surface area contributed by atoms with E-state index >= 15 is 0 Å². The number of hydrogen-bond donors (Lipinski definition) is 0. The molecule has 21 heavy (non-hydrogen) atoms. The number of benzene rings is 1. The summed E-state index contributed by atoms with van der Waals surface area (Å²) in [6, 6.07) is 10.7. The molecule has 0 saturated heterocycles. The molecule has 1 aromatic heterocycles. The Hall–Kier alpha value is -1.15. The summed E-state index contributed by atoms with van der Waals surface area (Å²) in [5.74, 6) is 0.755. The van der Waals surface area contributed by atoms with Gasteiger partial charge >= 0.3 is 0 Å². The summed E-state index contributed by atoms with van der Waals surface area (Å²) in [6.07, 6.45) is 9.26. The van der Waals surface area contributed by atoms with Crippen LogP contribution in [0.3, 0.4) is 0 Å². The molecule has 0 aliphatic heterocycles. The topological polar surface area (TPSA) is 12.9 Å². The van der Waals surface area contributed by atoms with E-state index in [4.69, 9.17) is 0 Å². The van der Waals surface area contributed by atoms with Crippen molar-refractivity contribution in [1.82, 2.24) is 4.98 Å². The molecule has 1 fully saturated rings. The number of nitrogens with zero attached hydrogens (tertiary/aromatic N) is 1. The van der Waals surface area contributed by atoms with E-state index in [-0.39, 0.29) is 0 Å². The highest BCUT2D eigenvalue weighted by molar-refractivity contribution is 9.09. The van der Waals surface area contributed by atoms with Gasteiger partial charge in [0.15, 0.2) is 0 Å². The molecule has 1 aromatic carbocycles. The second-order valence-corrected chi connectivity index (χ2v) is 6.62. The first-order chi connectivity index (χ1) is 10.3. The van der Waals surface area contributed by atoms with E-state index in [9.17, 15) is 0 Å². The van der Waals surface area contributed by atoms with Crippen molar-refractivity contribution in [3.8, 4) is 0 Å². The summed E-state index contributed by atoms with van der Waals surface area (Å²) >= 11 is 3.71. The third-order valence-electron chi connectivity index (χ3n) is 4.50. The van der Waals surface area contributed by atoms with Crippen LogP contribution in [0.5, 0.6) is 0 Å². The van der Waals surface area contributed by atoms with Crippen molar-refractivity contribution in [3.63, 3.8) is 0 Å². The van der Waals surface area contributed by atoms with Gasteiger partial charge in [0.1, 0.15) is 0 Å². The van der Waals surface area contributed by atoms with Crippen LogP contribution < -0.4 is 0 Å². The quantitative estimate of drug-likeness (QED) is 0.632. The Kier molecular flexibility index (Phi) is 4.74. The maximum atomic E-state index is 4.64. The molecule has 0 atom stereocenters. The molecule has 1 aliphatic carbocycles. The van der Waals surface area contributed by atoms with Crippen LogP contribution in [-0.4, -0.2) is 10.3 Å². The second kappa shape index (κ2) is 6.74. The zero-order chi connectivity index (χ0) is 14.7. The molecule has 0 amide bonds. The number of para-hydroxylation sites is 1. The molecule has 0 unspecified atom stereocenters. The fraction of sp³-hybridized carbons (Fsp3) is 0.421. The Morgan fingerprint density at radius 3 is 2.76 bits per heavy atom. The molecule has 1 saturated carbocycles. The van der Waals surface area contributed by atoms with Crippen LogP contribution in [0.15, 0.2) is 35.9 Å². The minimum absolute atomic E-state index is 0.755. The van der Waals surface area contributed by atoms with Gasteiger partial charge < -0.3 is 0 Å². The number of aromatic nitrogens is 1. The molecule has 1 nitrogen and oxygen atoms in total. The maximum Gasteiger partial charge on any atom is 0.0711 e. The molecule has 3 rings (SSSR count). The summed E-state index contributed by atoms with van der Waals surface area (Å²) < 4.78 is 0. The van der Waals surface area contributed by atoms with Gasteiger partial charge in [-0.1, -0.05) is 65.0 Å². The van der Waals surface area contributed by atoms with Crippen LogP contribution in [0, 0.1) is 12.8 Å². The first kappa shape index (κ1) is 14.8. The predicted octanol–water partition coefficient (Wildman–Crippen LogP) is 5.90. The highest BCUT2D eigenvalue weighted by Crippen LogP contribution is 2.32. The Morgan fingerprint density at radius 1 is 1.24 bits per heavy atom. The average molecular weight is 344 g/mol. The summed E-state index contributed by atoms with van der Waals surface area (Å²) in [4.78, 5) is 4.64. The van der Waals surface area contributed by atoms with Crippen molar-refractivity contribution in [1.29, 1.82) is 0 Å². The van der Waals surface area contributed by atoms with Crippen molar-refractivity contribution >= 4 is 32.9 Å². The smallest absolute Gasteiger partial charge is 0.0711 e. The van der Waals surface area contributed by atoms with Crippen LogP contribution in [-0.2, 0) is 0 Å². The van der Waals surface area contributed by atoms with Crippen molar-refractivity contribution in [2.45, 2.75) is 39.0 Å². The number of halogens is 1. The van der Waals surface area contributed by atoms with Crippen LogP contribution in [0.4, 0.5) is 0 Å². The standard InChI is InChI=1S/C19H22BrN/c1-14-11-16(18-9-5-6-10-19(18)21-14)12-17(13-20)15-7-3-2-4-8-15/h5-6,9-12,15H,2-4,7-8,13H2,1H3/b17-12-. The van der Waals surface area contributed by atoms with Crippen molar-refractivity contribution in [2.24, 2.45) is 5.92 Å². The number of fused-ring (bicyclic) bond motifs is 1. The SMILES string of the molecule is Cc1cc(/C=C(/CBr)C2CCCCC2)c2ccccc2n1. The van der Waals surface area contributed by atoms with Gasteiger partial charge in [-0.05, 0) is 43.4 Å². The number of alkyl halides is 1. The number of allylic oxidation sites excluding steroid dienone is 1. The summed E-state index contributed by atoms with van der Waals surface area (Å²) in [5, 5.41) is 2.24. The molecule has 0 N–H and O–H groups in total. The lowest BCUT2D eigenvalue weighted by molar-refractivity contribution is 0.405. The fourth-order valence-electron chi connectivity index (χ4n) is 3.40. The molecule has 0 spiro atoms. The molecule has 1 heterocycles. The predicted molar refractivity (Wildman–Crippen MR) is 94.8 cm³/mol. The monoisotopic (exact) mass is 343 g/mol. The fourth-order valence-corrected chi connectivity index (χ4v) is 4.02. The van der Waals surface area contributed by atoms with Gasteiger partial charge in [-0.2, -0.15) is 0 Å². The molecular formula is C19H22BrN. The highest BCUT2D eigenvalue weighted by Gasteiger charge is 2.17. The summed E-state index contributed by atoms with van der Waals surface area (Å²) in [6.45, 7) is 2.08. The largest absolute Gasteiger partial charge is 0.253 e. The molecule has 0 bridgehead atoms. The number of hydrogen-bond acceptors (Lipinski definition) is 1. The van der Waals surface area contributed by atoms with E-state index in [0.29, 0.717) is 0 Å². The normalized spacial score (nSPS) is 17.3. The van der Waals surface area contributed by atoms with Gasteiger partial charge in [0, 0.05) is 16.4 Å². The Balaban J connectivity index is 2.03. The third-order valence-corrected chi connectivity index (χ3v) is 5.15. The maximum absolute atomic E-state index is 4.64. The lowest BCUT2D eigenvalue weighted by Gasteiger charge is -2.23. The van der Waals surface area contributed by atoms with Gasteiger partial charge in [0.05, 0.1) is 5.52 Å². The van der Waals surface area contributed by atoms with Crippen molar-refractivity contribution in [2.75, 3.05) is 5.33 Å². The van der Waals surface area contributed by atoms with Crippen LogP contribution in [0.1, 0.15) is 43.4 Å². The van der Waals surface area contributed by atoms with Gasteiger partial charge in [-0.3, -0.25) is 4.98 Å². The molecule has 1 aliphatic rings. The average Bonchev–Trinajstić information content (AvgIpc) is 2.53. The van der Waals surface area contributed by atoms with Crippen molar-refractivity contribution in [3.05, 3.63) is 47.2 Å². The molecular weight excluding hydrogens is 322 g/mol. The lowest BCUT2D eigenvalue weighted by Crippen LogP contribution is -2.10. The highest BCUT2D eigenvalue weighted by atomic mass is 79.9. The van der Waals surface area contributed by atoms with Crippen LogP contribution in [0.25, 0.3) is 17.0 Å². The number of pyridine rings is 1. The second-order valence-electron chi connectivity index (χ2n) is 6.06. The Labute approximate surface area is 135 Å². The van der Waals surface area contributed by atoms with E-state index in [0.717, 1.165) is 22.5 Å². The minimum Gasteiger partial charge on any atom is -0.253 e. The van der Waals surface area contributed by atoms with E-state index in [1.165, 1.54) is 43.1 Å². The van der Waals surface area contributed by atoms with Crippen LogP contribution in [0.2, 0.25) is 0 Å². The molecule has 2 heteroatoms. The minimum atomic E-state index is 0.755. The van der Waals surface area contributed by atoms with Crippen molar-refractivity contribution < 1.29 is 0 Å². The molecule has 110 valence electrons. The Morgan fingerprint density at radius 2 is 2.00 bits per heavy atom. The Bertz CT molecular complexity index is 654. The lowest BCUT2D eigenvalue weighted by atomic mass is 9.83. The van der Waals surface area contributed by atoms with Gasteiger partial charge in [-0.25, -0.2) is 0 Å². The van der Waals surface area contributed by atoms with Gasteiger partial charge in [0.2, 0.25) is 0 Å². The number of aryl methyl sites for hydroxylation is 1. The van der Waals surface area contributed by atoms with E-state index in [1.54, 1.807) is 5.57 Å². The van der Waals surface area contributed by atoms with Crippen LogP contribution >= 0.6 is 15.9 Å².